The number of hydrogen-bond acceptors (Lipinski definition) is 2. The highest BCUT2D eigenvalue weighted by Gasteiger charge is 2.11. The van der Waals surface area contributed by atoms with Crippen LogP contribution in [0.15, 0.2) is 30.3 Å². The summed E-state index contributed by atoms with van der Waals surface area (Å²) in [4.78, 5) is 0. The fraction of sp³-hybridized carbons (Fsp3) is 0.231. The SMILES string of the molecule is Cc1nn(-c2ccccc2)c(C)c1CC#N. The van der Waals surface area contributed by atoms with Gasteiger partial charge in [-0.1, -0.05) is 18.2 Å². The minimum absolute atomic E-state index is 0.421. The molecule has 80 valence electrons. The molecule has 0 fully saturated rings. The van der Waals surface area contributed by atoms with Gasteiger partial charge in [0.2, 0.25) is 0 Å². The molecule has 0 spiro atoms. The van der Waals surface area contributed by atoms with E-state index in [0.29, 0.717) is 6.42 Å². The number of aryl methyl sites for hydroxylation is 1. The van der Waals surface area contributed by atoms with Crippen LogP contribution in [0.25, 0.3) is 5.69 Å². The summed E-state index contributed by atoms with van der Waals surface area (Å²) in [5, 5.41) is 13.2. The van der Waals surface area contributed by atoms with Crippen LogP contribution in [0.1, 0.15) is 17.0 Å². The number of nitriles is 1. The maximum atomic E-state index is 8.76. The zero-order valence-corrected chi connectivity index (χ0v) is 9.44. The Balaban J connectivity index is 2.53. The second-order valence-electron chi connectivity index (χ2n) is 3.73. The second kappa shape index (κ2) is 4.19. The van der Waals surface area contributed by atoms with Gasteiger partial charge >= 0.3 is 0 Å². The van der Waals surface area contributed by atoms with Gasteiger partial charge in [0.25, 0.3) is 0 Å². The molecule has 0 saturated carbocycles. The van der Waals surface area contributed by atoms with Gasteiger partial charge in [0.15, 0.2) is 0 Å². The number of hydrogen-bond donors (Lipinski definition) is 0. The van der Waals surface area contributed by atoms with Crippen molar-refractivity contribution >= 4 is 0 Å². The molecule has 0 unspecified atom stereocenters. The molecule has 0 aliphatic rings. The summed E-state index contributed by atoms with van der Waals surface area (Å²) in [6, 6.07) is 12.1. The quantitative estimate of drug-likeness (QED) is 0.766. The Morgan fingerprint density at radius 3 is 2.56 bits per heavy atom. The predicted octanol–water partition coefficient (Wildman–Crippen LogP) is 2.56. The summed E-state index contributed by atoms with van der Waals surface area (Å²) in [6.45, 7) is 3.94. The number of benzene rings is 1. The maximum Gasteiger partial charge on any atom is 0.0671 e. The normalized spacial score (nSPS) is 10.1. The van der Waals surface area contributed by atoms with Crippen LogP contribution in [0.4, 0.5) is 0 Å². The molecule has 0 N–H and O–H groups in total. The van der Waals surface area contributed by atoms with Crippen molar-refractivity contribution in [2.45, 2.75) is 20.3 Å². The van der Waals surface area contributed by atoms with Crippen LogP contribution in [-0.2, 0) is 6.42 Å². The molecule has 0 atom stereocenters. The van der Waals surface area contributed by atoms with Crippen LogP contribution in [0.5, 0.6) is 0 Å². The molecular formula is C13H13N3. The Morgan fingerprint density at radius 1 is 1.25 bits per heavy atom. The topological polar surface area (TPSA) is 41.6 Å². The highest BCUT2D eigenvalue weighted by atomic mass is 15.3. The molecule has 3 nitrogen and oxygen atoms in total. The molecule has 0 bridgehead atoms. The van der Waals surface area contributed by atoms with Gasteiger partial charge in [-0.3, -0.25) is 0 Å². The standard InChI is InChI=1S/C13H13N3/c1-10-13(8-9-14)11(2)16(15-10)12-6-4-3-5-7-12/h3-7H,8H2,1-2H3. The Kier molecular flexibility index (Phi) is 2.74. The third kappa shape index (κ3) is 1.70. The highest BCUT2D eigenvalue weighted by molar-refractivity contribution is 5.37. The number of aromatic nitrogens is 2. The lowest BCUT2D eigenvalue weighted by molar-refractivity contribution is 0.833. The molecule has 0 radical (unpaired) electrons. The highest BCUT2D eigenvalue weighted by Crippen LogP contribution is 2.17. The van der Waals surface area contributed by atoms with Crippen molar-refractivity contribution < 1.29 is 0 Å². The van der Waals surface area contributed by atoms with Crippen LogP contribution in [-0.4, -0.2) is 9.78 Å². The van der Waals surface area contributed by atoms with E-state index in [1.165, 1.54) is 0 Å². The van der Waals surface area contributed by atoms with Crippen molar-refractivity contribution in [3.8, 4) is 11.8 Å². The smallest absolute Gasteiger partial charge is 0.0671 e. The Bertz CT molecular complexity index is 532. The third-order valence-electron chi connectivity index (χ3n) is 2.70. The van der Waals surface area contributed by atoms with Gasteiger partial charge in [0.05, 0.1) is 23.9 Å². The fourth-order valence-electron chi connectivity index (χ4n) is 1.83. The van der Waals surface area contributed by atoms with E-state index < -0.39 is 0 Å². The third-order valence-corrected chi connectivity index (χ3v) is 2.70. The van der Waals surface area contributed by atoms with E-state index in [-0.39, 0.29) is 0 Å². The van der Waals surface area contributed by atoms with E-state index in [1.807, 2.05) is 48.9 Å². The average molecular weight is 211 g/mol. The predicted molar refractivity (Wildman–Crippen MR) is 62.4 cm³/mol. The minimum Gasteiger partial charge on any atom is -0.238 e. The number of para-hydroxylation sites is 1. The molecule has 1 aromatic carbocycles. The molecule has 0 saturated heterocycles. The first-order chi connectivity index (χ1) is 7.74. The minimum atomic E-state index is 0.421. The largest absolute Gasteiger partial charge is 0.238 e. The Hall–Kier alpha value is -2.08. The van der Waals surface area contributed by atoms with Crippen molar-refractivity contribution in [1.29, 1.82) is 5.26 Å². The van der Waals surface area contributed by atoms with E-state index in [9.17, 15) is 0 Å². The summed E-state index contributed by atoms with van der Waals surface area (Å²) in [7, 11) is 0. The lowest BCUT2D eigenvalue weighted by atomic mass is 10.1. The van der Waals surface area contributed by atoms with E-state index in [0.717, 1.165) is 22.6 Å². The first-order valence-electron chi connectivity index (χ1n) is 5.21. The first kappa shape index (κ1) is 10.4. The van der Waals surface area contributed by atoms with E-state index >= 15 is 0 Å². The van der Waals surface area contributed by atoms with Crippen molar-refractivity contribution in [3.63, 3.8) is 0 Å². The monoisotopic (exact) mass is 211 g/mol. The second-order valence-corrected chi connectivity index (χ2v) is 3.73. The van der Waals surface area contributed by atoms with Gasteiger partial charge in [0.1, 0.15) is 0 Å². The lowest BCUT2D eigenvalue weighted by Crippen LogP contribution is -1.98. The molecule has 0 amide bonds. The lowest BCUT2D eigenvalue weighted by Gasteiger charge is -2.03. The summed E-state index contributed by atoms with van der Waals surface area (Å²) in [5.41, 5.74) is 4.05. The van der Waals surface area contributed by atoms with Crippen LogP contribution in [0.2, 0.25) is 0 Å². The molecule has 1 aromatic heterocycles. The van der Waals surface area contributed by atoms with Crippen LogP contribution < -0.4 is 0 Å². The van der Waals surface area contributed by atoms with Crippen LogP contribution in [0, 0.1) is 25.2 Å². The zero-order chi connectivity index (χ0) is 11.5. The van der Waals surface area contributed by atoms with Crippen LogP contribution in [0.3, 0.4) is 0 Å². The van der Waals surface area contributed by atoms with E-state index in [2.05, 4.69) is 11.2 Å². The molecule has 16 heavy (non-hydrogen) atoms. The van der Waals surface area contributed by atoms with Gasteiger partial charge < -0.3 is 0 Å². The van der Waals surface area contributed by atoms with Crippen molar-refractivity contribution in [1.82, 2.24) is 9.78 Å². The summed E-state index contributed by atoms with van der Waals surface area (Å²) >= 11 is 0. The Morgan fingerprint density at radius 2 is 1.94 bits per heavy atom. The van der Waals surface area contributed by atoms with E-state index in [4.69, 9.17) is 5.26 Å². The van der Waals surface area contributed by atoms with Gasteiger partial charge in [-0.15, -0.1) is 0 Å². The summed E-state index contributed by atoms with van der Waals surface area (Å²) in [6.07, 6.45) is 0.421. The molecule has 3 heteroatoms. The summed E-state index contributed by atoms with van der Waals surface area (Å²) < 4.78 is 1.89. The molecule has 1 heterocycles. The van der Waals surface area contributed by atoms with Crippen LogP contribution >= 0.6 is 0 Å². The zero-order valence-electron chi connectivity index (χ0n) is 9.44. The molecule has 0 aliphatic carbocycles. The van der Waals surface area contributed by atoms with Gasteiger partial charge in [-0.05, 0) is 26.0 Å². The van der Waals surface area contributed by atoms with Crippen molar-refractivity contribution in [3.05, 3.63) is 47.3 Å². The molecule has 0 aliphatic heterocycles. The average Bonchev–Trinajstić information content (AvgIpc) is 2.59. The van der Waals surface area contributed by atoms with Gasteiger partial charge in [-0.2, -0.15) is 10.4 Å². The maximum absolute atomic E-state index is 8.76. The molecular weight excluding hydrogens is 198 g/mol. The Labute approximate surface area is 94.9 Å². The number of rotatable bonds is 2. The van der Waals surface area contributed by atoms with Crippen molar-refractivity contribution in [2.75, 3.05) is 0 Å². The van der Waals surface area contributed by atoms with Crippen molar-refractivity contribution in [2.24, 2.45) is 0 Å². The molecule has 2 aromatic rings. The van der Waals surface area contributed by atoms with Gasteiger partial charge in [-0.25, -0.2) is 4.68 Å². The first-order valence-corrected chi connectivity index (χ1v) is 5.21. The van der Waals surface area contributed by atoms with Gasteiger partial charge in [0, 0.05) is 11.3 Å². The fourth-order valence-corrected chi connectivity index (χ4v) is 1.83. The van der Waals surface area contributed by atoms with E-state index in [1.54, 1.807) is 0 Å². The number of nitrogens with zero attached hydrogens (tertiary/aromatic N) is 3. The molecule has 2 rings (SSSR count). The summed E-state index contributed by atoms with van der Waals surface area (Å²) in [5.74, 6) is 0.